The number of carbonyl (C=O) groups excluding carboxylic acids is 2. The third-order valence-electron chi connectivity index (χ3n) is 5.74. The fourth-order valence-electron chi connectivity index (χ4n) is 4.04. The SMILES string of the molecule is CN1CCC2=C(C=CC(C(=O)N3CC[C@@H](NC(=O)c4ccc(Cl)cn4)C3)=CC2)C1. The van der Waals surface area contributed by atoms with Crippen LogP contribution in [0.4, 0.5) is 0 Å². The maximum atomic E-state index is 13.0. The number of nitrogens with zero attached hydrogens (tertiary/aromatic N) is 3. The van der Waals surface area contributed by atoms with Gasteiger partial charge in [-0.3, -0.25) is 9.59 Å². The number of hydrogen-bond acceptors (Lipinski definition) is 4. The van der Waals surface area contributed by atoms with E-state index in [9.17, 15) is 9.59 Å². The molecule has 2 amide bonds. The second-order valence-corrected chi connectivity index (χ2v) is 8.32. The number of aromatic nitrogens is 1. The number of carbonyl (C=O) groups is 2. The number of likely N-dealkylation sites (N-methyl/N-ethyl adjacent to an activating group) is 1. The Bertz CT molecular complexity index is 904. The zero-order valence-corrected chi connectivity index (χ0v) is 17.3. The Morgan fingerprint density at radius 1 is 1.24 bits per heavy atom. The summed E-state index contributed by atoms with van der Waals surface area (Å²) < 4.78 is 0. The molecule has 0 unspecified atom stereocenters. The average molecular weight is 413 g/mol. The normalized spacial score (nSPS) is 22.2. The second kappa shape index (κ2) is 8.51. The van der Waals surface area contributed by atoms with E-state index < -0.39 is 0 Å². The Morgan fingerprint density at radius 3 is 2.90 bits per heavy atom. The number of hydrogen-bond donors (Lipinski definition) is 1. The Balaban J connectivity index is 1.35. The Hall–Kier alpha value is -2.44. The standard InChI is InChI=1S/C22H25ClN4O2/c1-26-10-8-15-2-3-16(4-5-17(15)13-26)22(29)27-11-9-19(14-27)25-21(28)20-7-6-18(23)12-24-20/h3-7,12,19H,2,8-11,13-14H2,1H3,(H,25,28)/t19-/m1/s1. The van der Waals surface area contributed by atoms with Gasteiger partial charge in [0.15, 0.2) is 0 Å². The van der Waals surface area contributed by atoms with E-state index in [0.29, 0.717) is 23.8 Å². The van der Waals surface area contributed by atoms with Crippen molar-refractivity contribution in [2.24, 2.45) is 0 Å². The van der Waals surface area contributed by atoms with Gasteiger partial charge in [0.2, 0.25) is 0 Å². The van der Waals surface area contributed by atoms with Crippen molar-refractivity contribution in [3.63, 3.8) is 0 Å². The van der Waals surface area contributed by atoms with E-state index in [0.717, 1.165) is 37.9 Å². The van der Waals surface area contributed by atoms with Crippen LogP contribution in [0, 0.1) is 0 Å². The number of likely N-dealkylation sites (tertiary alicyclic amines) is 1. The molecule has 0 aromatic carbocycles. The predicted molar refractivity (Wildman–Crippen MR) is 113 cm³/mol. The molecule has 152 valence electrons. The molecule has 1 aliphatic carbocycles. The van der Waals surface area contributed by atoms with Crippen LogP contribution >= 0.6 is 11.6 Å². The van der Waals surface area contributed by atoms with E-state index in [2.05, 4.69) is 34.4 Å². The van der Waals surface area contributed by atoms with Crippen LogP contribution in [0.2, 0.25) is 5.02 Å². The molecule has 0 radical (unpaired) electrons. The molecule has 0 spiro atoms. The molecule has 1 aromatic heterocycles. The lowest BCUT2D eigenvalue weighted by atomic mass is 9.98. The second-order valence-electron chi connectivity index (χ2n) is 7.89. The summed E-state index contributed by atoms with van der Waals surface area (Å²) in [6.07, 6.45) is 10.2. The van der Waals surface area contributed by atoms with Gasteiger partial charge in [0.1, 0.15) is 5.69 Å². The van der Waals surface area contributed by atoms with Crippen molar-refractivity contribution in [2.45, 2.75) is 25.3 Å². The molecule has 2 aliphatic heterocycles. The molecule has 1 saturated heterocycles. The summed E-state index contributed by atoms with van der Waals surface area (Å²) in [5.41, 5.74) is 3.84. The number of halogens is 1. The highest BCUT2D eigenvalue weighted by Crippen LogP contribution is 2.26. The van der Waals surface area contributed by atoms with E-state index in [1.807, 2.05) is 11.0 Å². The first-order valence-corrected chi connectivity index (χ1v) is 10.4. The van der Waals surface area contributed by atoms with Crippen molar-refractivity contribution in [1.82, 2.24) is 20.1 Å². The van der Waals surface area contributed by atoms with Crippen molar-refractivity contribution in [2.75, 3.05) is 33.2 Å². The summed E-state index contributed by atoms with van der Waals surface area (Å²) in [6, 6.07) is 3.17. The summed E-state index contributed by atoms with van der Waals surface area (Å²) in [7, 11) is 2.13. The van der Waals surface area contributed by atoms with Crippen LogP contribution in [-0.4, -0.2) is 65.9 Å². The molecule has 1 aromatic rings. The van der Waals surface area contributed by atoms with Crippen LogP contribution in [0.25, 0.3) is 0 Å². The van der Waals surface area contributed by atoms with Gasteiger partial charge in [0, 0.05) is 44.0 Å². The number of pyridine rings is 1. The highest BCUT2D eigenvalue weighted by Gasteiger charge is 2.29. The van der Waals surface area contributed by atoms with Crippen molar-refractivity contribution in [3.05, 3.63) is 64.0 Å². The van der Waals surface area contributed by atoms with Crippen molar-refractivity contribution in [3.8, 4) is 0 Å². The highest BCUT2D eigenvalue weighted by molar-refractivity contribution is 6.30. The molecule has 6 nitrogen and oxygen atoms in total. The van der Waals surface area contributed by atoms with Gasteiger partial charge in [-0.25, -0.2) is 4.98 Å². The molecule has 1 fully saturated rings. The maximum absolute atomic E-state index is 13.0. The van der Waals surface area contributed by atoms with E-state index in [-0.39, 0.29) is 17.9 Å². The lowest BCUT2D eigenvalue weighted by molar-refractivity contribution is -0.125. The number of nitrogens with one attached hydrogen (secondary N) is 1. The van der Waals surface area contributed by atoms with Crippen LogP contribution in [0.15, 0.2) is 53.3 Å². The molecule has 1 N–H and O–H groups in total. The summed E-state index contributed by atoms with van der Waals surface area (Å²) in [5.74, 6) is -0.202. The van der Waals surface area contributed by atoms with Crippen LogP contribution in [-0.2, 0) is 4.79 Å². The smallest absolute Gasteiger partial charge is 0.270 e. The molecule has 0 bridgehead atoms. The summed E-state index contributed by atoms with van der Waals surface area (Å²) >= 11 is 5.82. The topological polar surface area (TPSA) is 65.5 Å². The zero-order valence-electron chi connectivity index (χ0n) is 16.5. The van der Waals surface area contributed by atoms with Crippen molar-refractivity contribution in [1.29, 1.82) is 0 Å². The third-order valence-corrected chi connectivity index (χ3v) is 5.96. The Labute approximate surface area is 175 Å². The molecule has 29 heavy (non-hydrogen) atoms. The predicted octanol–water partition coefficient (Wildman–Crippen LogP) is 2.58. The molecular formula is C22H25ClN4O2. The molecule has 4 rings (SSSR count). The fraction of sp³-hybridized carbons (Fsp3) is 0.409. The molecule has 3 aliphatic rings. The first-order chi connectivity index (χ1) is 14.0. The van der Waals surface area contributed by atoms with Crippen LogP contribution in [0.5, 0.6) is 0 Å². The average Bonchev–Trinajstić information content (AvgIpc) is 3.07. The minimum absolute atomic E-state index is 0.0378. The molecule has 7 heteroatoms. The summed E-state index contributed by atoms with van der Waals surface area (Å²) in [6.45, 7) is 3.16. The lowest BCUT2D eigenvalue weighted by Crippen LogP contribution is -2.39. The van der Waals surface area contributed by atoms with Gasteiger partial charge < -0.3 is 15.1 Å². The zero-order chi connectivity index (χ0) is 20.4. The van der Waals surface area contributed by atoms with Gasteiger partial charge in [-0.05, 0) is 50.1 Å². The number of amides is 2. The third kappa shape index (κ3) is 4.60. The van der Waals surface area contributed by atoms with Gasteiger partial charge in [0.25, 0.3) is 11.8 Å². The number of rotatable bonds is 3. The van der Waals surface area contributed by atoms with Gasteiger partial charge in [-0.1, -0.05) is 29.3 Å². The van der Waals surface area contributed by atoms with Gasteiger partial charge in [-0.15, -0.1) is 0 Å². The minimum atomic E-state index is -0.240. The van der Waals surface area contributed by atoms with Gasteiger partial charge in [0.05, 0.1) is 5.02 Å². The van der Waals surface area contributed by atoms with E-state index >= 15 is 0 Å². The molecule has 1 atom stereocenters. The molecule has 3 heterocycles. The first-order valence-electron chi connectivity index (χ1n) is 9.99. The monoisotopic (exact) mass is 412 g/mol. The number of allylic oxidation sites excluding steroid dienone is 1. The molecule has 0 saturated carbocycles. The van der Waals surface area contributed by atoms with E-state index in [1.165, 1.54) is 17.3 Å². The largest absolute Gasteiger partial charge is 0.346 e. The minimum Gasteiger partial charge on any atom is -0.346 e. The van der Waals surface area contributed by atoms with E-state index in [1.54, 1.807) is 12.1 Å². The molecular weight excluding hydrogens is 388 g/mol. The van der Waals surface area contributed by atoms with Gasteiger partial charge in [-0.2, -0.15) is 0 Å². The van der Waals surface area contributed by atoms with Crippen molar-refractivity contribution >= 4 is 23.4 Å². The van der Waals surface area contributed by atoms with Crippen LogP contribution in [0.3, 0.4) is 0 Å². The maximum Gasteiger partial charge on any atom is 0.270 e. The first kappa shape index (κ1) is 19.9. The lowest BCUT2D eigenvalue weighted by Gasteiger charge is -2.25. The fourth-order valence-corrected chi connectivity index (χ4v) is 4.15. The summed E-state index contributed by atoms with van der Waals surface area (Å²) in [4.78, 5) is 33.5. The highest BCUT2D eigenvalue weighted by atomic mass is 35.5. The van der Waals surface area contributed by atoms with Gasteiger partial charge >= 0.3 is 0 Å². The summed E-state index contributed by atoms with van der Waals surface area (Å²) in [5, 5.41) is 3.46. The quantitative estimate of drug-likeness (QED) is 0.828. The Morgan fingerprint density at radius 2 is 2.10 bits per heavy atom. The van der Waals surface area contributed by atoms with Crippen LogP contribution < -0.4 is 5.32 Å². The van der Waals surface area contributed by atoms with E-state index in [4.69, 9.17) is 11.6 Å². The van der Waals surface area contributed by atoms with Crippen LogP contribution in [0.1, 0.15) is 29.8 Å². The van der Waals surface area contributed by atoms with Crippen molar-refractivity contribution < 1.29 is 9.59 Å². The Kier molecular flexibility index (Phi) is 5.83.